The van der Waals surface area contributed by atoms with Gasteiger partial charge in [0.25, 0.3) is 0 Å². The number of aryl methyl sites for hydroxylation is 1. The molecule has 0 radical (unpaired) electrons. The van der Waals surface area contributed by atoms with E-state index in [2.05, 4.69) is 25.6 Å². The molecular weight excluding hydrogens is 358 g/mol. The Hall–Kier alpha value is -2.78. The largest absolute Gasteiger partial charge is 0.387 e. The molecule has 9 heteroatoms. The van der Waals surface area contributed by atoms with E-state index in [-0.39, 0.29) is 5.71 Å². The van der Waals surface area contributed by atoms with Crippen molar-refractivity contribution >= 4 is 29.0 Å². The summed E-state index contributed by atoms with van der Waals surface area (Å²) in [4.78, 5) is 15.1. The summed E-state index contributed by atoms with van der Waals surface area (Å²) in [6.45, 7) is 7.07. The van der Waals surface area contributed by atoms with Crippen LogP contribution in [0.3, 0.4) is 0 Å². The number of nitrogens with zero attached hydrogens (tertiary/aromatic N) is 4. The minimum atomic E-state index is -0.970. The highest BCUT2D eigenvalue weighted by Crippen LogP contribution is 2.29. The van der Waals surface area contributed by atoms with Gasteiger partial charge in [0.05, 0.1) is 18.4 Å². The van der Waals surface area contributed by atoms with E-state index in [0.29, 0.717) is 48.7 Å². The lowest BCUT2D eigenvalue weighted by atomic mass is 10.1. The van der Waals surface area contributed by atoms with Gasteiger partial charge in [0, 0.05) is 33.4 Å². The number of anilines is 4. The number of ether oxygens (including phenoxy) is 1. The van der Waals surface area contributed by atoms with Gasteiger partial charge < -0.3 is 30.8 Å². The summed E-state index contributed by atoms with van der Waals surface area (Å²) in [5, 5.41) is 24.7. The van der Waals surface area contributed by atoms with Gasteiger partial charge in [0.15, 0.2) is 5.82 Å². The number of aromatic nitrogens is 3. The summed E-state index contributed by atoms with van der Waals surface area (Å²) in [5.74, 6) is 1.53. The Morgan fingerprint density at radius 1 is 1.36 bits per heavy atom. The third kappa shape index (κ3) is 5.61. The molecule has 1 atom stereocenters. The highest BCUT2D eigenvalue weighted by atomic mass is 16.5. The fraction of sp³-hybridized carbons (Fsp3) is 0.474. The van der Waals surface area contributed by atoms with Gasteiger partial charge in [-0.1, -0.05) is 0 Å². The van der Waals surface area contributed by atoms with Gasteiger partial charge in [0.2, 0.25) is 5.95 Å². The van der Waals surface area contributed by atoms with Gasteiger partial charge >= 0.3 is 0 Å². The summed E-state index contributed by atoms with van der Waals surface area (Å²) >= 11 is 0. The van der Waals surface area contributed by atoms with Crippen molar-refractivity contribution < 1.29 is 9.84 Å². The van der Waals surface area contributed by atoms with Crippen molar-refractivity contribution in [1.29, 1.82) is 5.41 Å². The first kappa shape index (κ1) is 21.5. The van der Waals surface area contributed by atoms with Crippen LogP contribution in [0.15, 0.2) is 18.3 Å². The van der Waals surface area contributed by atoms with Crippen molar-refractivity contribution in [3.05, 3.63) is 29.6 Å². The number of pyridine rings is 1. The van der Waals surface area contributed by atoms with Gasteiger partial charge in [-0.3, -0.25) is 0 Å². The second kappa shape index (κ2) is 9.95. The van der Waals surface area contributed by atoms with Crippen molar-refractivity contribution in [2.45, 2.75) is 26.9 Å². The van der Waals surface area contributed by atoms with Crippen LogP contribution in [0.2, 0.25) is 0 Å². The van der Waals surface area contributed by atoms with Gasteiger partial charge in [0.1, 0.15) is 17.2 Å². The molecule has 0 aliphatic carbocycles. The number of hydrogen-bond donors (Lipinski definition) is 4. The second-order valence-corrected chi connectivity index (χ2v) is 6.55. The van der Waals surface area contributed by atoms with E-state index in [9.17, 15) is 5.11 Å². The Bertz CT molecular complexity index is 809. The lowest BCUT2D eigenvalue weighted by Gasteiger charge is -2.21. The molecule has 0 aliphatic heterocycles. The monoisotopic (exact) mass is 387 g/mol. The predicted molar refractivity (Wildman–Crippen MR) is 112 cm³/mol. The van der Waals surface area contributed by atoms with E-state index < -0.39 is 6.10 Å². The fourth-order valence-corrected chi connectivity index (χ4v) is 2.42. The second-order valence-electron chi connectivity index (χ2n) is 6.55. The van der Waals surface area contributed by atoms with Crippen molar-refractivity contribution in [3.63, 3.8) is 0 Å². The molecule has 9 nitrogen and oxygen atoms in total. The van der Waals surface area contributed by atoms with Crippen LogP contribution in [-0.2, 0) is 4.74 Å². The highest BCUT2D eigenvalue weighted by Gasteiger charge is 2.21. The molecule has 0 amide bonds. The Balaban J connectivity index is 2.51. The first-order valence-corrected chi connectivity index (χ1v) is 9.21. The molecule has 4 N–H and O–H groups in total. The van der Waals surface area contributed by atoms with Crippen molar-refractivity contribution in [1.82, 2.24) is 15.0 Å². The van der Waals surface area contributed by atoms with Gasteiger partial charge in [-0.15, -0.1) is 0 Å². The van der Waals surface area contributed by atoms with Crippen molar-refractivity contribution in [3.8, 4) is 0 Å². The molecule has 2 rings (SSSR count). The summed E-state index contributed by atoms with van der Waals surface area (Å²) in [5.41, 5.74) is 1.92. The summed E-state index contributed by atoms with van der Waals surface area (Å²) in [6.07, 6.45) is 0.745. The average molecular weight is 387 g/mol. The molecule has 0 saturated heterocycles. The SMILES string of the molecule is CCOCCNc1c(Nc2cc(C)ccn2)nc(N(C)C)nc1C(=N)C(C)O. The standard InChI is InChI=1S/C19H29N7O2/c1-6-28-10-9-22-17-16(15(20)13(3)27)24-19(26(4)5)25-18(17)23-14-11-12(2)7-8-21-14/h7-8,11,13,20,22,27H,6,9-10H2,1-5H3,(H,21,23,24,25). The summed E-state index contributed by atoms with van der Waals surface area (Å²) in [6, 6.07) is 3.81. The number of hydrogen-bond acceptors (Lipinski definition) is 9. The molecular formula is C19H29N7O2. The minimum absolute atomic E-state index is 0.00432. The van der Waals surface area contributed by atoms with Crippen LogP contribution in [0.1, 0.15) is 25.1 Å². The van der Waals surface area contributed by atoms with Crippen LogP contribution in [0, 0.1) is 12.3 Å². The van der Waals surface area contributed by atoms with Crippen molar-refractivity contribution in [2.75, 3.05) is 49.4 Å². The molecule has 152 valence electrons. The van der Waals surface area contributed by atoms with Crippen LogP contribution >= 0.6 is 0 Å². The molecule has 2 aromatic heterocycles. The molecule has 1 unspecified atom stereocenters. The van der Waals surface area contributed by atoms with Gasteiger partial charge in [-0.2, -0.15) is 4.98 Å². The summed E-state index contributed by atoms with van der Waals surface area (Å²) in [7, 11) is 3.64. The van der Waals surface area contributed by atoms with E-state index in [1.54, 1.807) is 18.0 Å². The Morgan fingerprint density at radius 3 is 2.71 bits per heavy atom. The third-order valence-corrected chi connectivity index (χ3v) is 3.88. The first-order valence-electron chi connectivity index (χ1n) is 9.21. The van der Waals surface area contributed by atoms with Crippen LogP contribution in [0.25, 0.3) is 0 Å². The molecule has 0 aliphatic rings. The Kier molecular flexibility index (Phi) is 7.65. The molecule has 0 bridgehead atoms. The zero-order valence-electron chi connectivity index (χ0n) is 17.1. The zero-order chi connectivity index (χ0) is 20.7. The van der Waals surface area contributed by atoms with Crippen LogP contribution in [-0.4, -0.2) is 65.7 Å². The maximum Gasteiger partial charge on any atom is 0.227 e. The van der Waals surface area contributed by atoms with Crippen LogP contribution < -0.4 is 15.5 Å². The fourth-order valence-electron chi connectivity index (χ4n) is 2.42. The molecule has 2 aromatic rings. The molecule has 0 aromatic carbocycles. The zero-order valence-corrected chi connectivity index (χ0v) is 17.1. The summed E-state index contributed by atoms with van der Waals surface area (Å²) < 4.78 is 5.39. The first-order chi connectivity index (χ1) is 13.3. The molecule has 0 fully saturated rings. The van der Waals surface area contributed by atoms with E-state index in [1.165, 1.54) is 0 Å². The van der Waals surface area contributed by atoms with E-state index in [0.717, 1.165) is 5.56 Å². The van der Waals surface area contributed by atoms with E-state index in [1.807, 2.05) is 40.1 Å². The topological polar surface area (TPSA) is 119 Å². The lowest BCUT2D eigenvalue weighted by molar-refractivity contribution is 0.158. The number of nitrogens with one attached hydrogen (secondary N) is 3. The minimum Gasteiger partial charge on any atom is -0.387 e. The maximum absolute atomic E-state index is 9.97. The van der Waals surface area contributed by atoms with Crippen LogP contribution in [0.4, 0.5) is 23.3 Å². The highest BCUT2D eigenvalue weighted by molar-refractivity contribution is 6.06. The van der Waals surface area contributed by atoms with Crippen LogP contribution in [0.5, 0.6) is 0 Å². The number of aliphatic hydroxyl groups is 1. The quantitative estimate of drug-likeness (QED) is 0.362. The molecule has 0 spiro atoms. The van der Waals surface area contributed by atoms with Gasteiger partial charge in [-0.25, -0.2) is 9.97 Å². The maximum atomic E-state index is 9.97. The number of aliphatic hydroxyl groups excluding tert-OH is 1. The Morgan fingerprint density at radius 2 is 2.11 bits per heavy atom. The van der Waals surface area contributed by atoms with E-state index in [4.69, 9.17) is 10.1 Å². The lowest BCUT2D eigenvalue weighted by Crippen LogP contribution is -2.24. The average Bonchev–Trinajstić information content (AvgIpc) is 2.65. The smallest absolute Gasteiger partial charge is 0.227 e. The number of rotatable bonds is 10. The predicted octanol–water partition coefficient (Wildman–Crippen LogP) is 2.19. The third-order valence-electron chi connectivity index (χ3n) is 3.88. The Labute approximate surface area is 165 Å². The molecule has 28 heavy (non-hydrogen) atoms. The normalized spacial score (nSPS) is 11.8. The van der Waals surface area contributed by atoms with Crippen molar-refractivity contribution in [2.24, 2.45) is 0 Å². The molecule has 0 saturated carbocycles. The van der Waals surface area contributed by atoms with E-state index >= 15 is 0 Å². The van der Waals surface area contributed by atoms with Gasteiger partial charge in [-0.05, 0) is 38.5 Å². The molecule has 2 heterocycles.